The highest BCUT2D eigenvalue weighted by atomic mass is 15.3. The van der Waals surface area contributed by atoms with Gasteiger partial charge in [0.2, 0.25) is 0 Å². The predicted octanol–water partition coefficient (Wildman–Crippen LogP) is 9.20. The maximum absolute atomic E-state index is 2.76. The molecule has 2 aliphatic carbocycles. The third kappa shape index (κ3) is 2.66. The van der Waals surface area contributed by atoms with Gasteiger partial charge >= 0.3 is 0 Å². The summed E-state index contributed by atoms with van der Waals surface area (Å²) < 4.78 is 0. The first-order chi connectivity index (χ1) is 18.6. The van der Waals surface area contributed by atoms with Crippen LogP contribution >= 0.6 is 0 Å². The molecule has 3 atom stereocenters. The highest BCUT2D eigenvalue weighted by Crippen LogP contribution is 2.63. The van der Waals surface area contributed by atoms with Crippen LogP contribution in [0.25, 0.3) is 16.7 Å². The van der Waals surface area contributed by atoms with E-state index in [9.17, 15) is 0 Å². The summed E-state index contributed by atoms with van der Waals surface area (Å²) in [7, 11) is 0. The zero-order chi connectivity index (χ0) is 26.9. The number of aryl methyl sites for hydroxylation is 2. The van der Waals surface area contributed by atoms with Crippen molar-refractivity contribution >= 4 is 11.3 Å². The van der Waals surface area contributed by atoms with Crippen LogP contribution in [0.5, 0.6) is 0 Å². The van der Waals surface area contributed by atoms with E-state index in [4.69, 9.17) is 0 Å². The minimum Gasteiger partial charge on any atom is -0.350 e. The zero-order valence-corrected chi connectivity index (χ0v) is 23.8. The molecule has 1 heteroatoms. The normalized spacial score (nSPS) is 26.4. The van der Waals surface area contributed by atoms with E-state index in [1.807, 2.05) is 0 Å². The summed E-state index contributed by atoms with van der Waals surface area (Å²) in [4.78, 5) is 2.76. The molecule has 0 saturated carbocycles. The number of hydrogen-bond acceptors (Lipinski definition) is 1. The van der Waals surface area contributed by atoms with Crippen molar-refractivity contribution in [3.8, 4) is 11.1 Å². The van der Waals surface area contributed by atoms with Crippen LogP contribution < -0.4 is 4.90 Å². The van der Waals surface area contributed by atoms with Gasteiger partial charge in [-0.2, -0.15) is 0 Å². The fraction of sp³-hybridized carbons (Fsp3) is 0.263. The highest BCUT2D eigenvalue weighted by molar-refractivity contribution is 5.96. The Bertz CT molecular complexity index is 1790. The Balaban J connectivity index is 1.48. The van der Waals surface area contributed by atoms with Crippen molar-refractivity contribution in [3.05, 3.63) is 142 Å². The molecule has 4 aromatic carbocycles. The Morgan fingerprint density at radius 2 is 1.44 bits per heavy atom. The second-order valence-electron chi connectivity index (χ2n) is 13.1. The molecule has 3 unspecified atom stereocenters. The van der Waals surface area contributed by atoms with E-state index in [1.165, 1.54) is 66.9 Å². The average molecular weight is 506 g/mol. The molecule has 0 bridgehead atoms. The lowest BCUT2D eigenvalue weighted by molar-refractivity contribution is 0.276. The molecule has 0 amide bonds. The Hall–Kier alpha value is -3.84. The maximum Gasteiger partial charge on any atom is 0.0748 e. The molecular formula is C38H35N. The molecule has 0 spiro atoms. The maximum atomic E-state index is 2.76. The lowest BCUT2D eigenvalue weighted by Gasteiger charge is -2.64. The van der Waals surface area contributed by atoms with Gasteiger partial charge in [0.15, 0.2) is 0 Å². The summed E-state index contributed by atoms with van der Waals surface area (Å²) in [5.41, 5.74) is 16.5. The molecule has 2 heterocycles. The van der Waals surface area contributed by atoms with Gasteiger partial charge in [-0.1, -0.05) is 98.3 Å². The van der Waals surface area contributed by atoms with Crippen molar-refractivity contribution in [1.29, 1.82) is 0 Å². The molecule has 2 aliphatic heterocycles. The van der Waals surface area contributed by atoms with E-state index in [-0.39, 0.29) is 22.4 Å². The summed E-state index contributed by atoms with van der Waals surface area (Å²) in [5.74, 6) is 0. The summed E-state index contributed by atoms with van der Waals surface area (Å²) in [5, 5.41) is 0. The van der Waals surface area contributed by atoms with Crippen LogP contribution in [0.1, 0.15) is 78.2 Å². The first-order valence-corrected chi connectivity index (χ1v) is 14.3. The Labute approximate surface area is 232 Å². The molecule has 0 aromatic heterocycles. The minimum absolute atomic E-state index is 0.0367. The Morgan fingerprint density at radius 1 is 0.692 bits per heavy atom. The molecule has 8 rings (SSSR count). The fourth-order valence-electron chi connectivity index (χ4n) is 8.45. The molecule has 39 heavy (non-hydrogen) atoms. The highest BCUT2D eigenvalue weighted by Gasteiger charge is 2.60. The van der Waals surface area contributed by atoms with Crippen molar-refractivity contribution in [2.24, 2.45) is 0 Å². The first kappa shape index (κ1) is 23.1. The third-order valence-electron chi connectivity index (χ3n) is 10.6. The molecule has 0 N–H and O–H groups in total. The van der Waals surface area contributed by atoms with Crippen LogP contribution in [-0.2, 0) is 10.8 Å². The molecule has 0 saturated heterocycles. The summed E-state index contributed by atoms with van der Waals surface area (Å²) in [6.07, 6.45) is 7.47. The van der Waals surface area contributed by atoms with Crippen LogP contribution in [0, 0.1) is 13.8 Å². The second-order valence-corrected chi connectivity index (χ2v) is 13.1. The number of nitrogens with zero attached hydrogens (tertiary/aromatic N) is 1. The fourth-order valence-corrected chi connectivity index (χ4v) is 8.45. The van der Waals surface area contributed by atoms with Gasteiger partial charge in [0.1, 0.15) is 0 Å². The molecule has 4 aliphatic rings. The minimum atomic E-state index is -0.109. The van der Waals surface area contributed by atoms with E-state index in [1.54, 1.807) is 0 Å². The van der Waals surface area contributed by atoms with Gasteiger partial charge in [-0.15, -0.1) is 0 Å². The van der Waals surface area contributed by atoms with E-state index >= 15 is 0 Å². The van der Waals surface area contributed by atoms with Crippen molar-refractivity contribution < 1.29 is 0 Å². The van der Waals surface area contributed by atoms with Crippen molar-refractivity contribution in [1.82, 2.24) is 0 Å². The lowest BCUT2D eigenvalue weighted by Crippen LogP contribution is -2.67. The molecule has 4 aromatic rings. The SMILES string of the molecule is Cc1cc(C)c2c(c1)C1C=C(c3ccccc3)c3cc4c(cc3N1C1(C)C=CC21C)C(C)(C)c1ccccc1-4. The molecule has 192 valence electrons. The topological polar surface area (TPSA) is 3.24 Å². The van der Waals surface area contributed by atoms with Crippen LogP contribution in [0.2, 0.25) is 0 Å². The van der Waals surface area contributed by atoms with E-state index in [0.29, 0.717) is 0 Å². The van der Waals surface area contributed by atoms with Crippen LogP contribution in [0.15, 0.2) is 97.1 Å². The molecular weight excluding hydrogens is 470 g/mol. The van der Waals surface area contributed by atoms with Crippen molar-refractivity contribution in [2.45, 2.75) is 64.0 Å². The summed E-state index contributed by atoms with van der Waals surface area (Å²) in [6.45, 7) is 14.3. The predicted molar refractivity (Wildman–Crippen MR) is 164 cm³/mol. The number of fused-ring (bicyclic) bond motifs is 11. The first-order valence-electron chi connectivity index (χ1n) is 14.3. The van der Waals surface area contributed by atoms with Crippen molar-refractivity contribution in [3.63, 3.8) is 0 Å². The number of rotatable bonds is 1. The van der Waals surface area contributed by atoms with E-state index < -0.39 is 0 Å². The van der Waals surface area contributed by atoms with Gasteiger partial charge in [-0.25, -0.2) is 0 Å². The van der Waals surface area contributed by atoms with Gasteiger partial charge < -0.3 is 4.90 Å². The largest absolute Gasteiger partial charge is 0.350 e. The monoisotopic (exact) mass is 505 g/mol. The molecule has 1 nitrogen and oxygen atoms in total. The Morgan fingerprint density at radius 3 is 2.18 bits per heavy atom. The average Bonchev–Trinajstić information content (AvgIpc) is 3.15. The van der Waals surface area contributed by atoms with Crippen LogP contribution in [0.4, 0.5) is 5.69 Å². The van der Waals surface area contributed by atoms with E-state index in [2.05, 4.69) is 144 Å². The lowest BCUT2D eigenvalue weighted by atomic mass is 9.53. The molecule has 0 fully saturated rings. The van der Waals surface area contributed by atoms with Gasteiger partial charge in [-0.05, 0) is 96.0 Å². The molecule has 0 radical (unpaired) electrons. The van der Waals surface area contributed by atoms with Gasteiger partial charge in [0.25, 0.3) is 0 Å². The number of anilines is 1. The van der Waals surface area contributed by atoms with Gasteiger partial charge in [-0.3, -0.25) is 0 Å². The smallest absolute Gasteiger partial charge is 0.0748 e. The number of hydrogen-bond donors (Lipinski definition) is 0. The Kier molecular flexibility index (Phi) is 4.27. The summed E-state index contributed by atoms with van der Waals surface area (Å²) >= 11 is 0. The third-order valence-corrected chi connectivity index (χ3v) is 10.6. The van der Waals surface area contributed by atoms with Gasteiger partial charge in [0.05, 0.1) is 11.6 Å². The summed E-state index contributed by atoms with van der Waals surface area (Å²) in [6, 6.07) is 30.1. The van der Waals surface area contributed by atoms with Crippen LogP contribution in [0.3, 0.4) is 0 Å². The van der Waals surface area contributed by atoms with Crippen LogP contribution in [-0.4, -0.2) is 5.54 Å². The second kappa shape index (κ2) is 7.21. The van der Waals surface area contributed by atoms with Gasteiger partial charge in [0, 0.05) is 22.1 Å². The quantitative estimate of drug-likeness (QED) is 0.233. The standard InChI is InChI=1S/C38H35N/c1-23-18-24(2)35-30(19-23)33-21-27(25-12-8-7-9-13-25)29-20-28-26-14-10-11-15-31(26)36(3,4)32(28)22-34(29)39(33)38(6)17-16-37(35,38)5/h7-22,33H,1-6H3. The van der Waals surface area contributed by atoms with E-state index in [0.717, 1.165) is 0 Å². The number of benzene rings is 4. The van der Waals surface area contributed by atoms with Crippen molar-refractivity contribution in [2.75, 3.05) is 4.90 Å². The zero-order valence-electron chi connectivity index (χ0n) is 23.8.